The topological polar surface area (TPSA) is 86.3 Å². The van der Waals surface area contributed by atoms with Gasteiger partial charge in [0.05, 0.1) is 32.2 Å². The molecule has 2 heterocycles. The van der Waals surface area contributed by atoms with Gasteiger partial charge in [-0.1, -0.05) is 12.2 Å². The Labute approximate surface area is 107 Å². The Bertz CT molecular complexity index is 354. The molecule has 1 fully saturated rings. The van der Waals surface area contributed by atoms with Gasteiger partial charge in [0, 0.05) is 26.0 Å². The quantitative estimate of drug-likeness (QED) is 0.541. The number of aliphatic carboxylic acids is 1. The molecule has 18 heavy (non-hydrogen) atoms. The third-order valence-corrected chi connectivity index (χ3v) is 2.90. The van der Waals surface area contributed by atoms with Crippen LogP contribution in [0.5, 0.6) is 0 Å². The van der Waals surface area contributed by atoms with Crippen LogP contribution in [0.4, 0.5) is 0 Å². The van der Waals surface area contributed by atoms with E-state index < -0.39 is 30.0 Å². The summed E-state index contributed by atoms with van der Waals surface area (Å²) in [7, 11) is 7.20. The molecule has 102 valence electrons. The average molecular weight is 256 g/mol. The Balaban J connectivity index is 0.000000492. The van der Waals surface area contributed by atoms with E-state index in [1.807, 2.05) is 19.4 Å². The molecule has 0 aromatic heterocycles. The number of ether oxygens (including phenoxy) is 1. The Kier molecular flexibility index (Phi) is 4.86. The second-order valence-corrected chi connectivity index (χ2v) is 4.63. The number of carboxylic acids is 1. The lowest BCUT2D eigenvalue weighted by atomic mass is 9.82. The van der Waals surface area contributed by atoms with Crippen molar-refractivity contribution in [3.8, 4) is 0 Å². The normalized spacial score (nSPS) is 31.8. The maximum absolute atomic E-state index is 11.8. The number of quaternary nitrogens is 1. The molecular formula is C12H20N2O4. The minimum Gasteiger partial charge on any atom is -0.550 e. The first-order valence-corrected chi connectivity index (χ1v) is 5.93. The maximum atomic E-state index is 11.8. The lowest BCUT2D eigenvalue weighted by Gasteiger charge is -2.27. The predicted molar refractivity (Wildman–Crippen MR) is 62.3 cm³/mol. The number of nitrogens with zero attached hydrogens (tertiary/aromatic N) is 1. The van der Waals surface area contributed by atoms with Crippen molar-refractivity contribution in [1.29, 1.82) is 0 Å². The van der Waals surface area contributed by atoms with Gasteiger partial charge in [-0.05, 0) is 0 Å². The number of nitrogens with two attached hydrogens (primary N) is 1. The minimum absolute atomic E-state index is 0.221. The van der Waals surface area contributed by atoms with Crippen molar-refractivity contribution in [2.75, 3.05) is 28.2 Å². The van der Waals surface area contributed by atoms with Crippen molar-refractivity contribution in [2.24, 2.45) is 11.8 Å². The van der Waals surface area contributed by atoms with Crippen LogP contribution in [0.1, 0.15) is 0 Å². The molecule has 0 aliphatic carbocycles. The molecule has 6 nitrogen and oxygen atoms in total. The summed E-state index contributed by atoms with van der Waals surface area (Å²) < 4.78 is 5.35. The van der Waals surface area contributed by atoms with E-state index in [4.69, 9.17) is 4.74 Å². The number of carbonyl (C=O) groups is 2. The van der Waals surface area contributed by atoms with Crippen LogP contribution in [0, 0.1) is 11.8 Å². The van der Waals surface area contributed by atoms with Crippen LogP contribution >= 0.6 is 0 Å². The van der Waals surface area contributed by atoms with Crippen molar-refractivity contribution in [2.45, 2.75) is 12.2 Å². The molecule has 0 spiro atoms. The number of hydrogen-bond donors (Lipinski definition) is 1. The number of rotatable bonds is 2. The van der Waals surface area contributed by atoms with Gasteiger partial charge in [0.25, 0.3) is 0 Å². The van der Waals surface area contributed by atoms with Crippen LogP contribution in [0.2, 0.25) is 0 Å². The fraction of sp³-hybridized carbons (Fsp3) is 0.667. The fourth-order valence-electron chi connectivity index (χ4n) is 2.18. The largest absolute Gasteiger partial charge is 0.550 e. The molecule has 2 aliphatic heterocycles. The molecule has 0 aromatic carbocycles. The van der Waals surface area contributed by atoms with E-state index in [2.05, 4.69) is 0 Å². The summed E-state index contributed by atoms with van der Waals surface area (Å²) in [5.41, 5.74) is 0. The zero-order valence-corrected chi connectivity index (χ0v) is 11.1. The molecule has 1 saturated heterocycles. The van der Waals surface area contributed by atoms with Crippen molar-refractivity contribution >= 4 is 11.9 Å². The lowest BCUT2D eigenvalue weighted by molar-refractivity contribution is -0.597. The van der Waals surface area contributed by atoms with Gasteiger partial charge >= 0.3 is 0 Å². The van der Waals surface area contributed by atoms with E-state index in [9.17, 15) is 14.7 Å². The van der Waals surface area contributed by atoms with E-state index in [0.717, 1.165) is 0 Å². The average Bonchev–Trinajstić information content (AvgIpc) is 2.88. The lowest BCUT2D eigenvalue weighted by Crippen LogP contribution is -2.74. The first kappa shape index (κ1) is 14.7. The highest BCUT2D eigenvalue weighted by Crippen LogP contribution is 2.39. The third-order valence-electron chi connectivity index (χ3n) is 2.90. The number of fused-ring (bicyclic) bond motifs is 2. The summed E-state index contributed by atoms with van der Waals surface area (Å²) in [4.78, 5) is 24.1. The second-order valence-electron chi connectivity index (χ2n) is 4.63. The van der Waals surface area contributed by atoms with Crippen LogP contribution < -0.4 is 10.4 Å². The van der Waals surface area contributed by atoms with E-state index >= 15 is 0 Å². The van der Waals surface area contributed by atoms with Crippen LogP contribution in [-0.2, 0) is 14.3 Å². The third kappa shape index (κ3) is 2.70. The molecular weight excluding hydrogens is 236 g/mol. The molecule has 4 unspecified atom stereocenters. The molecule has 1 amide bonds. The summed E-state index contributed by atoms with van der Waals surface area (Å²) in [6.07, 6.45) is 2.52. The Morgan fingerprint density at radius 3 is 2.00 bits per heavy atom. The fourth-order valence-corrected chi connectivity index (χ4v) is 2.18. The summed E-state index contributed by atoms with van der Waals surface area (Å²) in [6, 6.07) is 0. The first-order chi connectivity index (χ1) is 8.43. The van der Waals surface area contributed by atoms with Crippen LogP contribution in [0.15, 0.2) is 12.2 Å². The highest BCUT2D eigenvalue weighted by Gasteiger charge is 2.50. The van der Waals surface area contributed by atoms with Crippen LogP contribution in [0.25, 0.3) is 0 Å². The molecule has 6 heteroatoms. The van der Waals surface area contributed by atoms with Gasteiger partial charge in [0.1, 0.15) is 0 Å². The summed E-state index contributed by atoms with van der Waals surface area (Å²) >= 11 is 0. The molecule has 0 saturated carbocycles. The summed E-state index contributed by atoms with van der Waals surface area (Å²) in [5, 5.41) is 12.9. The number of carboxylic acid groups (broad SMARTS) is 1. The van der Waals surface area contributed by atoms with Gasteiger partial charge in [-0.3, -0.25) is 4.79 Å². The Hall–Kier alpha value is -1.40. The SMILES string of the molecule is CN(C)C(=O)C1C2C=CC(O2)C1C(=O)[O-].C[NH2+]C. The first-order valence-electron chi connectivity index (χ1n) is 5.93. The van der Waals surface area contributed by atoms with E-state index in [1.165, 1.54) is 4.90 Å². The van der Waals surface area contributed by atoms with Gasteiger partial charge in [-0.25, -0.2) is 0 Å². The zero-order valence-electron chi connectivity index (χ0n) is 11.1. The zero-order chi connectivity index (χ0) is 13.9. The standard InChI is InChI=1S/C10H13NO4.C2H7N/c1-11(2)9(12)7-5-3-4-6(15-5)8(7)10(13)14;1-3-2/h3-8H,1-2H3,(H,13,14);3H,1-2H3. The monoisotopic (exact) mass is 256 g/mol. The molecule has 2 aliphatic rings. The van der Waals surface area contributed by atoms with Gasteiger partial charge in [0.15, 0.2) is 0 Å². The smallest absolute Gasteiger partial charge is 0.228 e. The predicted octanol–water partition coefficient (Wildman–Crippen LogP) is -2.80. The van der Waals surface area contributed by atoms with E-state index in [-0.39, 0.29) is 5.91 Å². The van der Waals surface area contributed by atoms with Crippen molar-refractivity contribution in [3.63, 3.8) is 0 Å². The van der Waals surface area contributed by atoms with E-state index in [1.54, 1.807) is 26.2 Å². The number of amides is 1. The minimum atomic E-state index is -1.22. The molecule has 0 radical (unpaired) electrons. The van der Waals surface area contributed by atoms with E-state index in [0.29, 0.717) is 0 Å². The highest BCUT2D eigenvalue weighted by atomic mass is 16.5. The molecule has 2 rings (SSSR count). The van der Waals surface area contributed by atoms with Crippen molar-refractivity contribution < 1.29 is 24.7 Å². The maximum Gasteiger partial charge on any atom is 0.228 e. The van der Waals surface area contributed by atoms with Gasteiger partial charge in [-0.15, -0.1) is 0 Å². The number of carbonyl (C=O) groups excluding carboxylic acids is 2. The van der Waals surface area contributed by atoms with Crippen LogP contribution in [0.3, 0.4) is 0 Å². The molecule has 4 atom stereocenters. The Morgan fingerprint density at radius 2 is 1.61 bits per heavy atom. The van der Waals surface area contributed by atoms with Crippen molar-refractivity contribution in [1.82, 2.24) is 4.90 Å². The second kappa shape index (κ2) is 5.97. The molecule has 2 N–H and O–H groups in total. The van der Waals surface area contributed by atoms with Gasteiger partial charge < -0.3 is 24.9 Å². The summed E-state index contributed by atoms with van der Waals surface area (Å²) in [6.45, 7) is 0. The van der Waals surface area contributed by atoms with Crippen LogP contribution in [-0.4, -0.2) is 57.2 Å². The highest BCUT2D eigenvalue weighted by molar-refractivity contribution is 5.86. The molecule has 0 aromatic rings. The Morgan fingerprint density at radius 1 is 1.17 bits per heavy atom. The van der Waals surface area contributed by atoms with Gasteiger partial charge in [0.2, 0.25) is 5.91 Å². The summed E-state index contributed by atoms with van der Waals surface area (Å²) in [5.74, 6) is -2.93. The molecule has 2 bridgehead atoms. The van der Waals surface area contributed by atoms with Crippen molar-refractivity contribution in [3.05, 3.63) is 12.2 Å². The van der Waals surface area contributed by atoms with Gasteiger partial charge in [-0.2, -0.15) is 0 Å². The number of hydrogen-bond acceptors (Lipinski definition) is 4.